The Morgan fingerprint density at radius 1 is 1.15 bits per heavy atom. The highest BCUT2D eigenvalue weighted by Gasteiger charge is 2.49. The number of aliphatic imine (C=N–C) groups is 1. The second-order valence-electron chi connectivity index (χ2n) is 13.6. The van der Waals surface area contributed by atoms with Crippen molar-refractivity contribution in [2.24, 2.45) is 22.6 Å². The summed E-state index contributed by atoms with van der Waals surface area (Å²) in [4.78, 5) is 31.0. The van der Waals surface area contributed by atoms with Gasteiger partial charge in [0.2, 0.25) is 6.29 Å². The largest absolute Gasteiger partial charge is 0.478 e. The van der Waals surface area contributed by atoms with Gasteiger partial charge in [-0.25, -0.2) is 9.59 Å². The number of rotatable bonds is 17. The van der Waals surface area contributed by atoms with Gasteiger partial charge in [-0.1, -0.05) is 18.2 Å². The summed E-state index contributed by atoms with van der Waals surface area (Å²) in [6.07, 6.45) is 2.91. The number of esters is 1. The van der Waals surface area contributed by atoms with Crippen LogP contribution in [0.3, 0.4) is 0 Å². The van der Waals surface area contributed by atoms with E-state index in [1.54, 1.807) is 32.2 Å². The van der Waals surface area contributed by atoms with Gasteiger partial charge in [0.25, 0.3) is 0 Å². The molecule has 17 nitrogen and oxygen atoms in total. The number of aliphatic hydroxyl groups is 5. The van der Waals surface area contributed by atoms with E-state index in [2.05, 4.69) is 16.9 Å². The number of nitrogens with one attached hydrogen (secondary N) is 2. The Morgan fingerprint density at radius 3 is 2.51 bits per heavy atom. The lowest BCUT2D eigenvalue weighted by Gasteiger charge is -2.44. The molecule has 0 radical (unpaired) electrons. The van der Waals surface area contributed by atoms with E-state index < -0.39 is 73.5 Å². The lowest BCUT2D eigenvalue weighted by atomic mass is 9.83. The zero-order chi connectivity index (χ0) is 38.7. The summed E-state index contributed by atoms with van der Waals surface area (Å²) in [7, 11) is 0. The average molecular weight is 752 g/mol. The molecule has 0 spiro atoms. The van der Waals surface area contributed by atoms with Crippen LogP contribution in [0, 0.1) is 11.8 Å². The third-order valence-electron chi connectivity index (χ3n) is 9.40. The van der Waals surface area contributed by atoms with Crippen molar-refractivity contribution < 1.29 is 68.8 Å². The van der Waals surface area contributed by atoms with E-state index >= 15 is 0 Å². The fourth-order valence-corrected chi connectivity index (χ4v) is 6.71. The monoisotopic (exact) mass is 751 g/mol. The van der Waals surface area contributed by atoms with E-state index in [1.165, 1.54) is 12.3 Å². The maximum absolute atomic E-state index is 13.7. The lowest BCUT2D eigenvalue weighted by Crippen LogP contribution is -3.09. The molecule has 4 aliphatic rings. The molecular weight excluding hydrogens is 696 g/mol. The minimum Gasteiger partial charge on any atom is -0.478 e. The Bertz CT molecular complexity index is 1420. The number of aliphatic hydroxyl groups excluding tert-OH is 5. The molecule has 3 aliphatic heterocycles. The number of allylic oxidation sites excluding steroid dienone is 2. The fourth-order valence-electron chi connectivity index (χ4n) is 6.71. The highest BCUT2D eigenvalue weighted by molar-refractivity contribution is 5.92. The zero-order valence-electron chi connectivity index (χ0n) is 30.2. The van der Waals surface area contributed by atoms with Crippen LogP contribution >= 0.6 is 0 Å². The number of carboxylic acid groups (broad SMARTS) is 1. The summed E-state index contributed by atoms with van der Waals surface area (Å²) >= 11 is 0. The second-order valence-corrected chi connectivity index (χ2v) is 13.6. The first-order valence-electron chi connectivity index (χ1n) is 18.0. The minimum atomic E-state index is -1.48. The van der Waals surface area contributed by atoms with Gasteiger partial charge in [0.15, 0.2) is 12.2 Å². The standard InChI is InChI=1S/C36H54N4O13/c1-4-23-24(11-10-21-16-40(13-15-42)17-25(32(46)47)28(21)39-36(37)38-12-7-14-41)26(33(48)51-22-8-5-6-9-22)19-49-34(23)53-35-31(50-20(2)3)30(45)29(44)27(18-43)52-35/h4,10-11,16,19-20,22-24,27,29-31,34-35,41-45H,1,5-9,12-15,17-18H2,2-3H3,(H,46,47)(H3,37,38,39)/p+1. The predicted molar refractivity (Wildman–Crippen MR) is 188 cm³/mol. The molecule has 0 aromatic heterocycles. The van der Waals surface area contributed by atoms with Gasteiger partial charge in [-0.15, -0.1) is 6.58 Å². The van der Waals surface area contributed by atoms with Crippen molar-refractivity contribution >= 4 is 17.9 Å². The molecule has 296 valence electrons. The molecule has 9 atom stereocenters. The summed E-state index contributed by atoms with van der Waals surface area (Å²) in [5.41, 5.74) is 6.76. The molecular formula is C36H55N4O13+. The Labute approximate surface area is 308 Å². The highest BCUT2D eigenvalue weighted by Crippen LogP contribution is 2.38. The summed E-state index contributed by atoms with van der Waals surface area (Å²) < 4.78 is 29.8. The Hall–Kier alpha value is -3.65. The van der Waals surface area contributed by atoms with Crippen molar-refractivity contribution in [1.29, 1.82) is 0 Å². The second kappa shape index (κ2) is 20.1. The first-order chi connectivity index (χ1) is 25.4. The number of ether oxygens (including phenoxy) is 5. The molecule has 0 amide bonds. The third kappa shape index (κ3) is 11.0. The van der Waals surface area contributed by atoms with E-state index in [4.69, 9.17) is 34.5 Å². The molecule has 0 aromatic rings. The van der Waals surface area contributed by atoms with Gasteiger partial charge in [0.05, 0.1) is 48.3 Å². The topological polar surface area (TPSA) is 257 Å². The summed E-state index contributed by atoms with van der Waals surface area (Å²) in [5, 5.41) is 63.3. The first kappa shape index (κ1) is 42.1. The predicted octanol–water partition coefficient (Wildman–Crippen LogP) is -1.66. The molecule has 10 N–H and O–H groups in total. The van der Waals surface area contributed by atoms with Crippen molar-refractivity contribution in [3.8, 4) is 0 Å². The lowest BCUT2D eigenvalue weighted by molar-refractivity contribution is -0.843. The number of nitrogens with two attached hydrogens (primary N) is 1. The number of aliphatic carboxylic acids is 1. The van der Waals surface area contributed by atoms with Gasteiger partial charge in [0, 0.05) is 19.1 Å². The van der Waals surface area contributed by atoms with Gasteiger partial charge in [-0.3, -0.25) is 4.99 Å². The van der Waals surface area contributed by atoms with Crippen molar-refractivity contribution in [1.82, 2.24) is 5.32 Å². The first-order valence-corrected chi connectivity index (χ1v) is 18.0. The molecule has 2 fully saturated rings. The minimum absolute atomic E-state index is 0.0226. The van der Waals surface area contributed by atoms with Crippen LogP contribution in [0.4, 0.5) is 0 Å². The van der Waals surface area contributed by atoms with Gasteiger partial charge in [-0.05, 0) is 46.0 Å². The molecule has 1 aliphatic carbocycles. The molecule has 4 rings (SSSR count). The van der Waals surface area contributed by atoms with E-state index in [1.807, 2.05) is 0 Å². The summed E-state index contributed by atoms with van der Waals surface area (Å²) in [6, 6.07) is 0. The Balaban J connectivity index is 1.73. The van der Waals surface area contributed by atoms with Gasteiger partial charge in [-0.2, -0.15) is 0 Å². The van der Waals surface area contributed by atoms with E-state index in [0.29, 0.717) is 16.9 Å². The van der Waals surface area contributed by atoms with Crippen LogP contribution in [0.1, 0.15) is 46.0 Å². The normalized spacial score (nSPS) is 31.3. The van der Waals surface area contributed by atoms with Crippen LogP contribution in [0.2, 0.25) is 0 Å². The van der Waals surface area contributed by atoms with Gasteiger partial charge < -0.3 is 70.3 Å². The number of carbonyl (C=O) groups is 2. The Kier molecular flexibility index (Phi) is 16.0. The molecule has 17 heteroatoms. The van der Waals surface area contributed by atoms with Gasteiger partial charge in [0.1, 0.15) is 55.4 Å². The maximum atomic E-state index is 13.7. The fraction of sp³-hybridized carbons (Fsp3) is 0.639. The molecule has 9 unspecified atom stereocenters. The number of hydrogen-bond donors (Lipinski definition) is 9. The van der Waals surface area contributed by atoms with E-state index in [0.717, 1.165) is 25.7 Å². The zero-order valence-corrected chi connectivity index (χ0v) is 30.2. The van der Waals surface area contributed by atoms with E-state index in [9.17, 15) is 35.1 Å². The number of nitrogens with zero attached hydrogens (tertiary/aromatic N) is 1. The van der Waals surface area contributed by atoms with Crippen LogP contribution in [-0.2, 0) is 33.3 Å². The van der Waals surface area contributed by atoms with Crippen molar-refractivity contribution in [3.63, 3.8) is 0 Å². The SMILES string of the molecule is C=CC1C(OC2OC(CO)C(O)C(O)C2OC(C)C)OC=C(C(=O)OC2CCCC2)C1C=CC1=C[NH+](CCO)CC(C(=O)O)=C1NC(N)=NCCCO. The smallest absolute Gasteiger partial charge is 0.339 e. The van der Waals surface area contributed by atoms with E-state index in [-0.39, 0.29) is 61.8 Å². The van der Waals surface area contributed by atoms with Crippen LogP contribution < -0.4 is 16.0 Å². The van der Waals surface area contributed by atoms with Crippen molar-refractivity contribution in [2.45, 2.75) is 95.2 Å². The van der Waals surface area contributed by atoms with Crippen LogP contribution in [0.25, 0.3) is 0 Å². The average Bonchev–Trinajstić information content (AvgIpc) is 3.64. The number of quaternary nitrogens is 1. The highest BCUT2D eigenvalue weighted by atomic mass is 16.8. The van der Waals surface area contributed by atoms with Crippen molar-refractivity contribution in [2.75, 3.05) is 39.5 Å². The number of carbonyl (C=O) groups excluding carboxylic acids is 1. The van der Waals surface area contributed by atoms with Crippen LogP contribution in [0.15, 0.2) is 64.7 Å². The van der Waals surface area contributed by atoms with Crippen LogP contribution in [-0.4, -0.2) is 137 Å². The molecule has 1 saturated heterocycles. The summed E-state index contributed by atoms with van der Waals surface area (Å²) in [5.74, 6) is -3.53. The van der Waals surface area contributed by atoms with Gasteiger partial charge >= 0.3 is 11.9 Å². The number of carboxylic acids is 1. The molecule has 0 bridgehead atoms. The van der Waals surface area contributed by atoms with Crippen molar-refractivity contribution in [3.05, 3.63) is 59.7 Å². The molecule has 53 heavy (non-hydrogen) atoms. The van der Waals surface area contributed by atoms with Crippen LogP contribution in [0.5, 0.6) is 0 Å². The number of hydrogen-bond acceptors (Lipinski definition) is 13. The quantitative estimate of drug-likeness (QED) is 0.0265. The maximum Gasteiger partial charge on any atom is 0.339 e. The Morgan fingerprint density at radius 2 is 1.89 bits per heavy atom. The number of guanidine groups is 1. The summed E-state index contributed by atoms with van der Waals surface area (Å²) in [6.45, 7) is 6.95. The third-order valence-corrected chi connectivity index (χ3v) is 9.40. The molecule has 1 saturated carbocycles. The molecule has 0 aromatic carbocycles. The molecule has 3 heterocycles.